The first kappa shape index (κ1) is 11.1. The van der Waals surface area contributed by atoms with Gasteiger partial charge in [0.05, 0.1) is 11.3 Å². The number of phenols is 1. The number of phenolic OH excluding ortho intramolecular Hbond substituents is 1. The SMILES string of the molecule is C=C(C)CNC(=O)c1cccc(N)c1O. The maximum absolute atomic E-state index is 11.6. The van der Waals surface area contributed by atoms with Crippen LogP contribution >= 0.6 is 0 Å². The first-order valence-electron chi connectivity index (χ1n) is 4.52. The molecule has 4 N–H and O–H groups in total. The second-order valence-electron chi connectivity index (χ2n) is 3.38. The van der Waals surface area contributed by atoms with Gasteiger partial charge in [-0.3, -0.25) is 4.79 Å². The summed E-state index contributed by atoms with van der Waals surface area (Å²) in [5, 5.41) is 12.1. The Kier molecular flexibility index (Phi) is 3.33. The Morgan fingerprint density at radius 1 is 1.60 bits per heavy atom. The predicted octanol–water partition coefficient (Wildman–Crippen LogP) is 1.28. The highest BCUT2D eigenvalue weighted by atomic mass is 16.3. The molecule has 0 saturated heterocycles. The van der Waals surface area contributed by atoms with Gasteiger partial charge in [-0.1, -0.05) is 18.2 Å². The van der Waals surface area contributed by atoms with E-state index in [4.69, 9.17) is 5.73 Å². The number of nitrogens with two attached hydrogens (primary N) is 1. The number of hydrogen-bond donors (Lipinski definition) is 3. The molecule has 0 radical (unpaired) electrons. The highest BCUT2D eigenvalue weighted by Crippen LogP contribution is 2.23. The molecule has 4 nitrogen and oxygen atoms in total. The molecule has 0 aliphatic carbocycles. The first-order chi connectivity index (χ1) is 7.02. The van der Waals surface area contributed by atoms with Gasteiger partial charge in [0.2, 0.25) is 0 Å². The lowest BCUT2D eigenvalue weighted by atomic mass is 10.1. The summed E-state index contributed by atoms with van der Waals surface area (Å²) < 4.78 is 0. The number of nitrogens with one attached hydrogen (secondary N) is 1. The molecule has 0 heterocycles. The summed E-state index contributed by atoms with van der Waals surface area (Å²) in [6.07, 6.45) is 0. The van der Waals surface area contributed by atoms with Crippen molar-refractivity contribution in [3.63, 3.8) is 0 Å². The van der Waals surface area contributed by atoms with Crippen LogP contribution in [0.5, 0.6) is 5.75 Å². The van der Waals surface area contributed by atoms with Crippen molar-refractivity contribution in [2.75, 3.05) is 12.3 Å². The van der Waals surface area contributed by atoms with Crippen LogP contribution in [0.25, 0.3) is 0 Å². The van der Waals surface area contributed by atoms with E-state index in [0.717, 1.165) is 5.57 Å². The summed E-state index contributed by atoms with van der Waals surface area (Å²) in [7, 11) is 0. The van der Waals surface area contributed by atoms with Crippen molar-refractivity contribution >= 4 is 11.6 Å². The molecule has 0 unspecified atom stereocenters. The molecule has 0 saturated carbocycles. The third-order valence-corrected chi connectivity index (χ3v) is 1.86. The summed E-state index contributed by atoms with van der Waals surface area (Å²) in [4.78, 5) is 11.6. The van der Waals surface area contributed by atoms with E-state index in [9.17, 15) is 9.90 Å². The number of para-hydroxylation sites is 1. The molecule has 1 aromatic carbocycles. The van der Waals surface area contributed by atoms with Gasteiger partial charge in [0, 0.05) is 6.54 Å². The Morgan fingerprint density at radius 2 is 2.27 bits per heavy atom. The van der Waals surface area contributed by atoms with Gasteiger partial charge in [0.15, 0.2) is 5.75 Å². The Balaban J connectivity index is 2.82. The van der Waals surface area contributed by atoms with Gasteiger partial charge in [-0.15, -0.1) is 0 Å². The number of hydrogen-bond acceptors (Lipinski definition) is 3. The highest BCUT2D eigenvalue weighted by Gasteiger charge is 2.11. The van der Waals surface area contributed by atoms with Crippen molar-refractivity contribution in [1.82, 2.24) is 5.32 Å². The molecule has 1 amide bonds. The van der Waals surface area contributed by atoms with Crippen molar-refractivity contribution in [3.8, 4) is 5.75 Å². The summed E-state index contributed by atoms with van der Waals surface area (Å²) in [5.41, 5.74) is 6.68. The molecule has 4 heteroatoms. The third kappa shape index (κ3) is 2.74. The molecule has 0 fully saturated rings. The van der Waals surface area contributed by atoms with Crippen LogP contribution in [0.15, 0.2) is 30.4 Å². The van der Waals surface area contributed by atoms with Crippen molar-refractivity contribution in [2.45, 2.75) is 6.92 Å². The number of benzene rings is 1. The molecule has 1 aromatic rings. The predicted molar refractivity (Wildman–Crippen MR) is 59.7 cm³/mol. The molecular formula is C11H14N2O2. The van der Waals surface area contributed by atoms with Crippen LogP contribution in [-0.2, 0) is 0 Å². The molecule has 0 spiro atoms. The van der Waals surface area contributed by atoms with Crippen molar-refractivity contribution < 1.29 is 9.90 Å². The zero-order valence-corrected chi connectivity index (χ0v) is 8.58. The molecule has 0 bridgehead atoms. The summed E-state index contributed by atoms with van der Waals surface area (Å²) >= 11 is 0. The van der Waals surface area contributed by atoms with Gasteiger partial charge in [-0.25, -0.2) is 0 Å². The molecule has 80 valence electrons. The van der Waals surface area contributed by atoms with E-state index in [2.05, 4.69) is 11.9 Å². The summed E-state index contributed by atoms with van der Waals surface area (Å²) in [5.74, 6) is -0.542. The number of anilines is 1. The minimum Gasteiger partial charge on any atom is -0.505 e. The van der Waals surface area contributed by atoms with Gasteiger partial charge >= 0.3 is 0 Å². The Bertz CT molecular complexity index is 400. The lowest BCUT2D eigenvalue weighted by Crippen LogP contribution is -2.25. The molecule has 0 aromatic heterocycles. The average molecular weight is 206 g/mol. The topological polar surface area (TPSA) is 75.4 Å². The summed E-state index contributed by atoms with van der Waals surface area (Å²) in [6.45, 7) is 5.85. The number of nitrogen functional groups attached to an aromatic ring is 1. The standard InChI is InChI=1S/C11H14N2O2/c1-7(2)6-13-11(15)8-4-3-5-9(12)10(8)14/h3-5,14H,1,6,12H2,2H3,(H,13,15). The molecule has 0 aliphatic rings. The van der Waals surface area contributed by atoms with E-state index in [1.165, 1.54) is 12.1 Å². The van der Waals surface area contributed by atoms with Gasteiger partial charge in [0.25, 0.3) is 5.91 Å². The first-order valence-corrected chi connectivity index (χ1v) is 4.52. The fourth-order valence-electron chi connectivity index (χ4n) is 1.07. The molecular weight excluding hydrogens is 192 g/mol. The molecule has 0 atom stereocenters. The quantitative estimate of drug-likeness (QED) is 0.396. The summed E-state index contributed by atoms with van der Waals surface area (Å²) in [6, 6.07) is 4.66. The van der Waals surface area contributed by atoms with E-state index >= 15 is 0 Å². The van der Waals surface area contributed by atoms with Gasteiger partial charge in [-0.2, -0.15) is 0 Å². The maximum Gasteiger partial charge on any atom is 0.255 e. The second-order valence-corrected chi connectivity index (χ2v) is 3.38. The largest absolute Gasteiger partial charge is 0.505 e. The van der Waals surface area contributed by atoms with E-state index in [1.807, 2.05) is 0 Å². The number of aromatic hydroxyl groups is 1. The lowest BCUT2D eigenvalue weighted by molar-refractivity contribution is 0.0954. The van der Waals surface area contributed by atoms with Crippen LogP contribution in [0.3, 0.4) is 0 Å². The number of carbonyl (C=O) groups is 1. The molecule has 15 heavy (non-hydrogen) atoms. The van der Waals surface area contributed by atoms with Crippen LogP contribution in [0.2, 0.25) is 0 Å². The maximum atomic E-state index is 11.6. The van der Waals surface area contributed by atoms with Crippen molar-refractivity contribution in [2.24, 2.45) is 0 Å². The van der Waals surface area contributed by atoms with Crippen LogP contribution in [0.4, 0.5) is 5.69 Å². The van der Waals surface area contributed by atoms with E-state index in [0.29, 0.717) is 6.54 Å². The van der Waals surface area contributed by atoms with E-state index < -0.39 is 0 Å². The second kappa shape index (κ2) is 4.50. The Morgan fingerprint density at radius 3 is 2.87 bits per heavy atom. The third-order valence-electron chi connectivity index (χ3n) is 1.86. The zero-order chi connectivity index (χ0) is 11.4. The minimum absolute atomic E-state index is 0.177. The van der Waals surface area contributed by atoms with E-state index in [-0.39, 0.29) is 22.9 Å². The van der Waals surface area contributed by atoms with Crippen LogP contribution in [0, 0.1) is 0 Å². The van der Waals surface area contributed by atoms with E-state index in [1.54, 1.807) is 13.0 Å². The number of rotatable bonds is 3. The fourth-order valence-corrected chi connectivity index (χ4v) is 1.07. The van der Waals surface area contributed by atoms with Crippen LogP contribution in [-0.4, -0.2) is 17.6 Å². The Labute approximate surface area is 88.4 Å². The lowest BCUT2D eigenvalue weighted by Gasteiger charge is -2.07. The Hall–Kier alpha value is -1.97. The van der Waals surface area contributed by atoms with Gasteiger partial charge in [-0.05, 0) is 19.1 Å². The van der Waals surface area contributed by atoms with Crippen LogP contribution < -0.4 is 11.1 Å². The smallest absolute Gasteiger partial charge is 0.255 e. The highest BCUT2D eigenvalue weighted by molar-refractivity contribution is 5.98. The minimum atomic E-state index is -0.359. The molecule has 0 aliphatic heterocycles. The number of amides is 1. The van der Waals surface area contributed by atoms with Gasteiger partial charge in [0.1, 0.15) is 0 Å². The molecule has 1 rings (SSSR count). The van der Waals surface area contributed by atoms with Crippen molar-refractivity contribution in [1.29, 1.82) is 0 Å². The number of carbonyl (C=O) groups excluding carboxylic acids is 1. The average Bonchev–Trinajstić information content (AvgIpc) is 2.18. The van der Waals surface area contributed by atoms with Gasteiger partial charge < -0.3 is 16.2 Å². The zero-order valence-electron chi connectivity index (χ0n) is 8.58. The fraction of sp³-hybridized carbons (Fsp3) is 0.182. The van der Waals surface area contributed by atoms with Crippen LogP contribution in [0.1, 0.15) is 17.3 Å². The van der Waals surface area contributed by atoms with Crippen molar-refractivity contribution in [3.05, 3.63) is 35.9 Å². The normalized spacial score (nSPS) is 9.67. The monoisotopic (exact) mass is 206 g/mol.